The van der Waals surface area contributed by atoms with Crippen LogP contribution in [-0.2, 0) is 19.1 Å². The molecule has 0 aliphatic rings. The summed E-state index contributed by atoms with van der Waals surface area (Å²) in [6.07, 6.45) is 44.9. The molecule has 2 N–H and O–H groups in total. The van der Waals surface area contributed by atoms with Gasteiger partial charge >= 0.3 is 11.9 Å². The van der Waals surface area contributed by atoms with Crippen molar-refractivity contribution in [3.8, 4) is 0 Å². The standard InChI is InChI=1S/C45H80O6/c1-4-5-6-7-19-25-30-35-42(46)36-31-26-21-18-23-28-33-38-45(49)51-40-43(47)39-50-44(48)37-32-27-22-17-15-13-11-9-8-10-12-14-16-20-24-29-34-41(2)3/h18-19,23,25-26,30-31,35,41-43,46-47H,4-17,20-22,24,27-29,32-34,36-40H2,1-3H3/b23-18+,25-19-,31-26-,35-30-/t42-,43-/m1/s1. The maximum atomic E-state index is 12.0. The Labute approximate surface area is 314 Å². The molecule has 0 aromatic heterocycles. The molecular formula is C45H80O6. The molecule has 51 heavy (non-hydrogen) atoms. The lowest BCUT2D eigenvalue weighted by Gasteiger charge is -2.12. The fourth-order valence-corrected chi connectivity index (χ4v) is 5.81. The van der Waals surface area contributed by atoms with Crippen LogP contribution >= 0.6 is 0 Å². The molecule has 0 unspecified atom stereocenters. The molecule has 6 heteroatoms. The zero-order valence-electron chi connectivity index (χ0n) is 33.4. The van der Waals surface area contributed by atoms with E-state index in [-0.39, 0.29) is 31.6 Å². The third-order valence-electron chi connectivity index (χ3n) is 9.08. The lowest BCUT2D eigenvalue weighted by molar-refractivity contribution is -0.152. The first-order valence-corrected chi connectivity index (χ1v) is 21.2. The topological polar surface area (TPSA) is 93.1 Å². The summed E-state index contributed by atoms with van der Waals surface area (Å²) in [7, 11) is 0. The van der Waals surface area contributed by atoms with E-state index in [0.717, 1.165) is 44.4 Å². The molecule has 0 bridgehead atoms. The van der Waals surface area contributed by atoms with Crippen molar-refractivity contribution in [2.24, 2.45) is 5.92 Å². The highest BCUT2D eigenvalue weighted by molar-refractivity contribution is 5.69. The lowest BCUT2D eigenvalue weighted by atomic mass is 10.0. The summed E-state index contributed by atoms with van der Waals surface area (Å²) in [6.45, 7) is 6.52. The molecule has 0 fully saturated rings. The van der Waals surface area contributed by atoms with Gasteiger partial charge in [0.15, 0.2) is 0 Å². The highest BCUT2D eigenvalue weighted by atomic mass is 16.6. The van der Waals surface area contributed by atoms with Crippen LogP contribution in [0.1, 0.15) is 194 Å². The first kappa shape index (κ1) is 48.8. The molecule has 0 aromatic rings. The third-order valence-corrected chi connectivity index (χ3v) is 9.08. The van der Waals surface area contributed by atoms with E-state index in [1.165, 1.54) is 109 Å². The molecule has 296 valence electrons. The van der Waals surface area contributed by atoms with E-state index in [9.17, 15) is 19.8 Å². The van der Waals surface area contributed by atoms with Crippen LogP contribution < -0.4 is 0 Å². The van der Waals surface area contributed by atoms with Gasteiger partial charge in [-0.2, -0.15) is 0 Å². The lowest BCUT2D eigenvalue weighted by Crippen LogP contribution is -2.25. The number of esters is 2. The van der Waals surface area contributed by atoms with E-state index >= 15 is 0 Å². The maximum absolute atomic E-state index is 12.0. The Hall–Kier alpha value is -2.18. The van der Waals surface area contributed by atoms with E-state index in [2.05, 4.69) is 26.8 Å². The first-order valence-electron chi connectivity index (χ1n) is 21.2. The largest absolute Gasteiger partial charge is 0.463 e. The predicted octanol–water partition coefficient (Wildman–Crippen LogP) is 12.2. The molecule has 0 aromatic carbocycles. The zero-order valence-corrected chi connectivity index (χ0v) is 33.4. The number of aliphatic hydroxyl groups excluding tert-OH is 2. The number of carbonyl (C=O) groups excluding carboxylic acids is 2. The minimum atomic E-state index is -1.00. The molecule has 6 nitrogen and oxygen atoms in total. The molecule has 0 aliphatic carbocycles. The Morgan fingerprint density at radius 3 is 1.59 bits per heavy atom. The van der Waals surface area contributed by atoms with Crippen LogP contribution in [0.3, 0.4) is 0 Å². The van der Waals surface area contributed by atoms with Crippen molar-refractivity contribution in [3.05, 3.63) is 48.6 Å². The van der Waals surface area contributed by atoms with Gasteiger partial charge < -0.3 is 19.7 Å². The van der Waals surface area contributed by atoms with Gasteiger partial charge in [0.2, 0.25) is 0 Å². The van der Waals surface area contributed by atoms with Gasteiger partial charge in [0.25, 0.3) is 0 Å². The zero-order chi connectivity index (χ0) is 37.5. The number of hydrogen-bond donors (Lipinski definition) is 2. The fourth-order valence-electron chi connectivity index (χ4n) is 5.81. The number of ether oxygens (including phenoxy) is 2. The summed E-state index contributed by atoms with van der Waals surface area (Å²) < 4.78 is 10.3. The maximum Gasteiger partial charge on any atom is 0.305 e. The van der Waals surface area contributed by atoms with Crippen LogP contribution in [0.2, 0.25) is 0 Å². The molecule has 0 radical (unpaired) electrons. The van der Waals surface area contributed by atoms with Gasteiger partial charge in [-0.1, -0.05) is 185 Å². The van der Waals surface area contributed by atoms with E-state index in [1.807, 2.05) is 42.5 Å². The SMILES string of the molecule is CCCCC/C=C\C=C/[C@@H](O)C/C=C\C/C=C/CCCC(=O)OC[C@H](O)COC(=O)CCCCCCCCCCCCCCCCCCC(C)C. The highest BCUT2D eigenvalue weighted by Crippen LogP contribution is 2.15. The van der Waals surface area contributed by atoms with Gasteiger partial charge in [-0.25, -0.2) is 0 Å². The van der Waals surface area contributed by atoms with Crippen molar-refractivity contribution in [1.82, 2.24) is 0 Å². The van der Waals surface area contributed by atoms with Crippen molar-refractivity contribution in [1.29, 1.82) is 0 Å². The van der Waals surface area contributed by atoms with Crippen LogP contribution in [0.4, 0.5) is 0 Å². The van der Waals surface area contributed by atoms with E-state index < -0.39 is 12.2 Å². The Balaban J connectivity index is 3.55. The quantitative estimate of drug-likeness (QED) is 0.0288. The van der Waals surface area contributed by atoms with Crippen LogP contribution in [0, 0.1) is 5.92 Å². The predicted molar refractivity (Wildman–Crippen MR) is 216 cm³/mol. The van der Waals surface area contributed by atoms with E-state index in [0.29, 0.717) is 19.3 Å². The van der Waals surface area contributed by atoms with Crippen LogP contribution in [0.5, 0.6) is 0 Å². The minimum Gasteiger partial charge on any atom is -0.463 e. The summed E-state index contributed by atoms with van der Waals surface area (Å²) in [4.78, 5) is 24.0. The normalized spacial score (nSPS) is 13.4. The van der Waals surface area contributed by atoms with Crippen molar-refractivity contribution in [3.63, 3.8) is 0 Å². The Kier molecular flexibility index (Phi) is 37.4. The summed E-state index contributed by atoms with van der Waals surface area (Å²) in [6, 6.07) is 0. The van der Waals surface area contributed by atoms with Gasteiger partial charge in [0.1, 0.15) is 19.3 Å². The molecule has 0 spiro atoms. The number of rotatable bonds is 37. The number of allylic oxidation sites excluding steroid dienone is 6. The molecule has 0 amide bonds. The fraction of sp³-hybridized carbons (Fsp3) is 0.778. The van der Waals surface area contributed by atoms with Crippen molar-refractivity contribution < 1.29 is 29.3 Å². The summed E-state index contributed by atoms with van der Waals surface area (Å²) >= 11 is 0. The second-order valence-electron chi connectivity index (χ2n) is 14.8. The monoisotopic (exact) mass is 717 g/mol. The van der Waals surface area contributed by atoms with Gasteiger partial charge in [-0.15, -0.1) is 0 Å². The van der Waals surface area contributed by atoms with Crippen molar-refractivity contribution in [2.45, 2.75) is 206 Å². The highest BCUT2D eigenvalue weighted by Gasteiger charge is 2.12. The van der Waals surface area contributed by atoms with Crippen LogP contribution in [0.25, 0.3) is 0 Å². The molecule has 0 heterocycles. The van der Waals surface area contributed by atoms with Crippen molar-refractivity contribution in [2.75, 3.05) is 13.2 Å². The molecule has 0 saturated carbocycles. The molecule has 0 rings (SSSR count). The number of unbranched alkanes of at least 4 members (excludes halogenated alkanes) is 19. The number of hydrogen-bond acceptors (Lipinski definition) is 6. The second-order valence-corrected chi connectivity index (χ2v) is 14.8. The average Bonchev–Trinajstić information content (AvgIpc) is 3.11. The summed E-state index contributed by atoms with van der Waals surface area (Å²) in [5, 5.41) is 20.0. The minimum absolute atomic E-state index is 0.149. The average molecular weight is 717 g/mol. The smallest absolute Gasteiger partial charge is 0.305 e. The molecule has 2 atom stereocenters. The van der Waals surface area contributed by atoms with Gasteiger partial charge in [0, 0.05) is 12.8 Å². The van der Waals surface area contributed by atoms with Gasteiger partial charge in [0.05, 0.1) is 6.10 Å². The first-order chi connectivity index (χ1) is 24.8. The van der Waals surface area contributed by atoms with Gasteiger partial charge in [-0.3, -0.25) is 9.59 Å². The Morgan fingerprint density at radius 1 is 0.549 bits per heavy atom. The van der Waals surface area contributed by atoms with E-state index in [4.69, 9.17) is 9.47 Å². The Bertz CT molecular complexity index is 889. The second kappa shape index (κ2) is 39.0. The van der Waals surface area contributed by atoms with E-state index in [1.54, 1.807) is 0 Å². The van der Waals surface area contributed by atoms with Gasteiger partial charge in [-0.05, 0) is 50.9 Å². The molecule has 0 saturated heterocycles. The van der Waals surface area contributed by atoms with Crippen molar-refractivity contribution >= 4 is 11.9 Å². The summed E-state index contributed by atoms with van der Waals surface area (Å²) in [5.74, 6) is 0.188. The Morgan fingerprint density at radius 2 is 1.04 bits per heavy atom. The number of aliphatic hydroxyl groups is 2. The van der Waals surface area contributed by atoms with Crippen LogP contribution in [0.15, 0.2) is 48.6 Å². The number of carbonyl (C=O) groups is 2. The molecular weight excluding hydrogens is 636 g/mol. The molecule has 0 aliphatic heterocycles. The summed E-state index contributed by atoms with van der Waals surface area (Å²) in [5.41, 5.74) is 0. The van der Waals surface area contributed by atoms with Crippen LogP contribution in [-0.4, -0.2) is 47.6 Å². The third kappa shape index (κ3) is 40.4.